The Morgan fingerprint density at radius 1 is 1.24 bits per heavy atom. The smallest absolute Gasteiger partial charge is 0.195 e. The second-order valence-electron chi connectivity index (χ2n) is 4.14. The van der Waals surface area contributed by atoms with Gasteiger partial charge in [0.1, 0.15) is 0 Å². The molecule has 0 aliphatic heterocycles. The van der Waals surface area contributed by atoms with Gasteiger partial charge in [0.05, 0.1) is 6.54 Å². The van der Waals surface area contributed by atoms with Crippen LogP contribution in [0, 0.1) is 3.57 Å². The highest BCUT2D eigenvalue weighted by molar-refractivity contribution is 14.1. The summed E-state index contributed by atoms with van der Waals surface area (Å²) < 4.78 is 1.15. The highest BCUT2D eigenvalue weighted by Gasteiger charge is 2.05. The highest BCUT2D eigenvalue weighted by Crippen LogP contribution is 2.18. The first-order valence-corrected chi connectivity index (χ1v) is 6.70. The number of halogens is 2. The summed E-state index contributed by atoms with van der Waals surface area (Å²) >= 11 is 8.21. The third-order valence-electron chi connectivity index (χ3n) is 2.21. The number of guanidine groups is 1. The Bertz CT molecular complexity index is 406. The van der Waals surface area contributed by atoms with Crippen LogP contribution >= 0.6 is 34.2 Å². The molecular weight excluding hydrogens is 349 g/mol. The summed E-state index contributed by atoms with van der Waals surface area (Å²) in [4.78, 5) is 8.61. The molecular formula is C12H17ClIN3. The first-order chi connectivity index (χ1) is 7.91. The van der Waals surface area contributed by atoms with Crippen molar-refractivity contribution in [2.45, 2.75) is 6.54 Å². The van der Waals surface area contributed by atoms with E-state index >= 15 is 0 Å². The second-order valence-corrected chi connectivity index (χ2v) is 5.74. The maximum absolute atomic E-state index is 5.92. The van der Waals surface area contributed by atoms with Crippen molar-refractivity contribution in [3.05, 3.63) is 32.4 Å². The average molecular weight is 366 g/mol. The van der Waals surface area contributed by atoms with Crippen LogP contribution in [0.25, 0.3) is 0 Å². The number of hydrogen-bond donors (Lipinski definition) is 0. The lowest BCUT2D eigenvalue weighted by Gasteiger charge is -2.22. The zero-order chi connectivity index (χ0) is 13.0. The molecule has 0 aromatic heterocycles. The molecule has 0 heterocycles. The van der Waals surface area contributed by atoms with Crippen molar-refractivity contribution < 1.29 is 0 Å². The Kier molecular flexibility index (Phi) is 5.52. The Hall–Kier alpha value is -0.490. The van der Waals surface area contributed by atoms with Crippen molar-refractivity contribution in [1.29, 1.82) is 0 Å². The highest BCUT2D eigenvalue weighted by atomic mass is 127. The molecule has 0 radical (unpaired) electrons. The Morgan fingerprint density at radius 3 is 2.29 bits per heavy atom. The van der Waals surface area contributed by atoms with Crippen LogP contribution in [0.15, 0.2) is 23.2 Å². The fourth-order valence-electron chi connectivity index (χ4n) is 1.49. The van der Waals surface area contributed by atoms with Crippen LogP contribution in [0.1, 0.15) is 5.56 Å². The molecule has 0 saturated heterocycles. The van der Waals surface area contributed by atoms with E-state index in [0.717, 1.165) is 14.6 Å². The summed E-state index contributed by atoms with van der Waals surface area (Å²) in [7, 11) is 7.97. The zero-order valence-electron chi connectivity index (χ0n) is 10.5. The van der Waals surface area contributed by atoms with E-state index in [1.54, 1.807) is 0 Å². The summed E-state index contributed by atoms with van der Waals surface area (Å²) in [6, 6.07) is 5.88. The first-order valence-electron chi connectivity index (χ1n) is 5.25. The molecule has 94 valence electrons. The third-order valence-corrected chi connectivity index (χ3v) is 3.45. The molecule has 0 unspecified atom stereocenters. The van der Waals surface area contributed by atoms with Gasteiger partial charge in [-0.25, -0.2) is 4.99 Å². The number of rotatable bonds is 2. The van der Waals surface area contributed by atoms with Gasteiger partial charge in [-0.15, -0.1) is 0 Å². The molecule has 1 aromatic rings. The lowest BCUT2D eigenvalue weighted by atomic mass is 10.2. The van der Waals surface area contributed by atoms with Crippen LogP contribution in [0.5, 0.6) is 0 Å². The van der Waals surface area contributed by atoms with E-state index in [-0.39, 0.29) is 0 Å². The molecule has 0 saturated carbocycles. The molecule has 5 heteroatoms. The van der Waals surface area contributed by atoms with E-state index in [4.69, 9.17) is 11.6 Å². The lowest BCUT2D eigenvalue weighted by Crippen LogP contribution is -2.35. The Balaban J connectivity index is 2.87. The van der Waals surface area contributed by atoms with Gasteiger partial charge in [-0.3, -0.25) is 0 Å². The van der Waals surface area contributed by atoms with Gasteiger partial charge in [0.25, 0.3) is 0 Å². The predicted molar refractivity (Wildman–Crippen MR) is 82.7 cm³/mol. The largest absolute Gasteiger partial charge is 0.349 e. The van der Waals surface area contributed by atoms with Crippen LogP contribution in [-0.2, 0) is 6.54 Å². The van der Waals surface area contributed by atoms with Gasteiger partial charge in [0.15, 0.2) is 5.96 Å². The minimum atomic E-state index is 0.668. The van der Waals surface area contributed by atoms with E-state index in [1.165, 1.54) is 5.56 Å². The molecule has 17 heavy (non-hydrogen) atoms. The first kappa shape index (κ1) is 14.6. The molecule has 0 N–H and O–H groups in total. The average Bonchev–Trinajstić information content (AvgIpc) is 2.20. The maximum Gasteiger partial charge on any atom is 0.195 e. The molecule has 0 fully saturated rings. The van der Waals surface area contributed by atoms with Crippen LogP contribution < -0.4 is 0 Å². The van der Waals surface area contributed by atoms with E-state index in [9.17, 15) is 0 Å². The van der Waals surface area contributed by atoms with Crippen molar-refractivity contribution >= 4 is 40.2 Å². The Morgan fingerprint density at radius 2 is 1.82 bits per heavy atom. The standard InChI is InChI=1S/C12H17ClIN3/c1-16(2)12(17(3)4)15-8-9-5-6-10(13)7-11(9)14/h5-7H,8H2,1-4H3. The van der Waals surface area contributed by atoms with Gasteiger partial charge in [-0.05, 0) is 40.3 Å². The number of benzene rings is 1. The SMILES string of the molecule is CN(C)C(=NCc1ccc(Cl)cc1I)N(C)C. The summed E-state index contributed by atoms with van der Waals surface area (Å²) in [5.41, 5.74) is 1.19. The minimum Gasteiger partial charge on any atom is -0.349 e. The molecule has 1 rings (SSSR count). The van der Waals surface area contributed by atoms with Gasteiger partial charge in [0, 0.05) is 36.8 Å². The van der Waals surface area contributed by atoms with Gasteiger partial charge >= 0.3 is 0 Å². The van der Waals surface area contributed by atoms with E-state index in [1.807, 2.05) is 56.2 Å². The van der Waals surface area contributed by atoms with Crippen LogP contribution in [0.2, 0.25) is 5.02 Å². The molecule has 0 spiro atoms. The molecule has 0 aliphatic rings. The molecule has 0 aliphatic carbocycles. The topological polar surface area (TPSA) is 18.8 Å². The van der Waals surface area contributed by atoms with E-state index in [2.05, 4.69) is 27.6 Å². The maximum atomic E-state index is 5.92. The van der Waals surface area contributed by atoms with Crippen molar-refractivity contribution in [2.75, 3.05) is 28.2 Å². The number of hydrogen-bond acceptors (Lipinski definition) is 1. The van der Waals surface area contributed by atoms with Gasteiger partial charge in [-0.1, -0.05) is 17.7 Å². The molecule has 0 bridgehead atoms. The van der Waals surface area contributed by atoms with E-state index in [0.29, 0.717) is 6.54 Å². The van der Waals surface area contributed by atoms with Crippen LogP contribution in [-0.4, -0.2) is 44.0 Å². The van der Waals surface area contributed by atoms with E-state index < -0.39 is 0 Å². The van der Waals surface area contributed by atoms with Crippen LogP contribution in [0.3, 0.4) is 0 Å². The van der Waals surface area contributed by atoms with Gasteiger partial charge < -0.3 is 9.80 Å². The summed E-state index contributed by atoms with van der Waals surface area (Å²) in [6.07, 6.45) is 0. The number of nitrogens with zero attached hydrogens (tertiary/aromatic N) is 3. The van der Waals surface area contributed by atoms with Crippen molar-refractivity contribution in [1.82, 2.24) is 9.80 Å². The molecule has 3 nitrogen and oxygen atoms in total. The summed E-state index contributed by atoms with van der Waals surface area (Å²) in [5.74, 6) is 0.954. The third kappa shape index (κ3) is 4.35. The normalized spacial score (nSPS) is 10.0. The molecule has 0 atom stereocenters. The Labute approximate surface area is 122 Å². The molecule has 0 amide bonds. The van der Waals surface area contributed by atoms with Crippen molar-refractivity contribution in [2.24, 2.45) is 4.99 Å². The van der Waals surface area contributed by atoms with Crippen molar-refractivity contribution in [3.8, 4) is 0 Å². The molecule has 1 aromatic carbocycles. The summed E-state index contributed by atoms with van der Waals surface area (Å²) in [6.45, 7) is 0.668. The quantitative estimate of drug-likeness (QED) is 0.456. The number of aliphatic imine (C=N–C) groups is 1. The zero-order valence-corrected chi connectivity index (χ0v) is 13.5. The minimum absolute atomic E-state index is 0.668. The second kappa shape index (κ2) is 6.44. The van der Waals surface area contributed by atoms with Gasteiger partial charge in [-0.2, -0.15) is 0 Å². The van der Waals surface area contributed by atoms with Crippen LogP contribution in [0.4, 0.5) is 0 Å². The summed E-state index contributed by atoms with van der Waals surface area (Å²) in [5, 5.41) is 0.766. The fourth-order valence-corrected chi connectivity index (χ4v) is 2.53. The predicted octanol–water partition coefficient (Wildman–Crippen LogP) is 2.92. The fraction of sp³-hybridized carbons (Fsp3) is 0.417. The van der Waals surface area contributed by atoms with Crippen molar-refractivity contribution in [3.63, 3.8) is 0 Å². The monoisotopic (exact) mass is 365 g/mol. The van der Waals surface area contributed by atoms with Gasteiger partial charge in [0.2, 0.25) is 0 Å². The lowest BCUT2D eigenvalue weighted by molar-refractivity contribution is 0.479.